The Hall–Kier alpha value is -3.78. The molecule has 4 bridgehead atoms. The van der Waals surface area contributed by atoms with E-state index in [0.29, 0.717) is 23.4 Å². The molecule has 2 aromatic rings. The summed E-state index contributed by atoms with van der Waals surface area (Å²) in [5.74, 6) is 0.346. The third-order valence-electron chi connectivity index (χ3n) is 9.03. The SMILES string of the molecule is CNC(=O)C(O)CC[C@H](NC(=O)c1sc(OC)nc1C)C(=O)Nc1cccn(CC(=O)NC2C3CC4CC(C3)C2C4)c1=O. The lowest BCUT2D eigenvalue weighted by Gasteiger charge is -2.32. The first-order chi connectivity index (χ1) is 20.6. The fourth-order valence-corrected chi connectivity index (χ4v) is 7.89. The summed E-state index contributed by atoms with van der Waals surface area (Å²) in [4.78, 5) is 68.8. The van der Waals surface area contributed by atoms with Crippen LogP contribution < -0.4 is 31.6 Å². The second-order valence-corrected chi connectivity index (χ2v) is 12.7. The zero-order chi connectivity index (χ0) is 30.8. The number of aliphatic hydroxyl groups is 1. The second-order valence-electron chi connectivity index (χ2n) is 11.8. The van der Waals surface area contributed by atoms with Gasteiger partial charge in [0.05, 0.1) is 12.8 Å². The van der Waals surface area contributed by atoms with Gasteiger partial charge in [0.15, 0.2) is 0 Å². The number of aliphatic hydroxyl groups excluding tert-OH is 1. The van der Waals surface area contributed by atoms with Gasteiger partial charge in [-0.25, -0.2) is 4.98 Å². The summed E-state index contributed by atoms with van der Waals surface area (Å²) >= 11 is 1.01. The highest BCUT2D eigenvalue weighted by atomic mass is 32.1. The molecular formula is C29H38N6O7S. The van der Waals surface area contributed by atoms with E-state index in [-0.39, 0.29) is 47.1 Å². The molecule has 2 aromatic heterocycles. The lowest BCUT2D eigenvalue weighted by atomic mass is 9.79. The van der Waals surface area contributed by atoms with Crippen LogP contribution in [0.15, 0.2) is 23.1 Å². The molecule has 0 aromatic carbocycles. The van der Waals surface area contributed by atoms with Crippen LogP contribution in [0.3, 0.4) is 0 Å². The van der Waals surface area contributed by atoms with Crippen LogP contribution in [0.4, 0.5) is 5.69 Å². The van der Waals surface area contributed by atoms with Gasteiger partial charge in [-0.15, -0.1) is 0 Å². The normalized spacial score (nSPS) is 24.7. The van der Waals surface area contributed by atoms with E-state index in [1.54, 1.807) is 13.0 Å². The average Bonchev–Trinajstić information content (AvgIpc) is 3.59. The molecule has 2 heterocycles. The van der Waals surface area contributed by atoms with Gasteiger partial charge in [-0.3, -0.25) is 24.0 Å². The molecule has 0 radical (unpaired) electrons. The highest BCUT2D eigenvalue weighted by Crippen LogP contribution is 2.58. The van der Waals surface area contributed by atoms with Crippen molar-refractivity contribution in [3.8, 4) is 5.19 Å². The molecule has 7 atom stereocenters. The quantitative estimate of drug-likeness (QED) is 0.233. The summed E-state index contributed by atoms with van der Waals surface area (Å²) < 4.78 is 6.34. The third kappa shape index (κ3) is 6.59. The zero-order valence-electron chi connectivity index (χ0n) is 24.4. The van der Waals surface area contributed by atoms with Crippen LogP contribution in [0.1, 0.15) is 53.9 Å². The second kappa shape index (κ2) is 12.8. The van der Waals surface area contributed by atoms with Gasteiger partial charge in [0.25, 0.3) is 16.7 Å². The van der Waals surface area contributed by atoms with Crippen molar-refractivity contribution in [1.29, 1.82) is 0 Å². The molecule has 232 valence electrons. The van der Waals surface area contributed by atoms with Gasteiger partial charge in [-0.05, 0) is 81.3 Å². The van der Waals surface area contributed by atoms with Crippen molar-refractivity contribution in [3.63, 3.8) is 0 Å². The van der Waals surface area contributed by atoms with Crippen LogP contribution in [-0.4, -0.2) is 70.6 Å². The fraction of sp³-hybridized carbons (Fsp3) is 0.586. The number of likely N-dealkylation sites (N-methyl/N-ethyl adjacent to an activating group) is 1. The smallest absolute Gasteiger partial charge is 0.274 e. The number of anilines is 1. The fourth-order valence-electron chi connectivity index (χ4n) is 7.11. The summed E-state index contributed by atoms with van der Waals surface area (Å²) in [6, 6.07) is 1.93. The molecule has 6 rings (SSSR count). The summed E-state index contributed by atoms with van der Waals surface area (Å²) in [5, 5.41) is 21.1. The molecular weight excluding hydrogens is 576 g/mol. The number of methoxy groups -OCH3 is 1. The topological polar surface area (TPSA) is 181 Å². The van der Waals surface area contributed by atoms with Crippen molar-refractivity contribution < 1.29 is 29.0 Å². The largest absolute Gasteiger partial charge is 0.473 e. The number of rotatable bonds is 12. The van der Waals surface area contributed by atoms with Gasteiger partial charge >= 0.3 is 0 Å². The molecule has 14 heteroatoms. The zero-order valence-corrected chi connectivity index (χ0v) is 25.2. The van der Waals surface area contributed by atoms with Gasteiger partial charge in [-0.1, -0.05) is 11.3 Å². The number of carbonyl (C=O) groups is 4. The molecule has 0 saturated heterocycles. The Morgan fingerprint density at radius 2 is 1.91 bits per heavy atom. The summed E-state index contributed by atoms with van der Waals surface area (Å²) in [6.45, 7) is 1.44. The highest BCUT2D eigenvalue weighted by Gasteiger charge is 2.54. The van der Waals surface area contributed by atoms with E-state index in [1.165, 1.54) is 50.3 Å². The Morgan fingerprint density at radius 3 is 2.60 bits per heavy atom. The van der Waals surface area contributed by atoms with Crippen molar-refractivity contribution in [1.82, 2.24) is 25.5 Å². The number of aryl methyl sites for hydroxylation is 1. The van der Waals surface area contributed by atoms with E-state index in [4.69, 9.17) is 4.74 Å². The molecule has 4 fully saturated rings. The summed E-state index contributed by atoms with van der Waals surface area (Å²) in [7, 11) is 2.80. The molecule has 43 heavy (non-hydrogen) atoms. The van der Waals surface area contributed by atoms with E-state index in [2.05, 4.69) is 26.3 Å². The van der Waals surface area contributed by atoms with Gasteiger partial charge in [0, 0.05) is 19.3 Å². The van der Waals surface area contributed by atoms with Gasteiger partial charge in [-0.2, -0.15) is 0 Å². The molecule has 4 saturated carbocycles. The van der Waals surface area contributed by atoms with Crippen LogP contribution in [0.2, 0.25) is 0 Å². The first kappa shape index (κ1) is 30.7. The molecule has 13 nitrogen and oxygen atoms in total. The number of nitrogens with zero attached hydrogens (tertiary/aromatic N) is 2. The molecule has 0 spiro atoms. The van der Waals surface area contributed by atoms with E-state index in [0.717, 1.165) is 23.7 Å². The number of pyridine rings is 1. The predicted molar refractivity (Wildman–Crippen MR) is 158 cm³/mol. The molecule has 4 aliphatic carbocycles. The lowest BCUT2D eigenvalue weighted by Crippen LogP contribution is -2.46. The summed E-state index contributed by atoms with van der Waals surface area (Å²) in [6.07, 6.45) is 4.61. The van der Waals surface area contributed by atoms with Crippen molar-refractivity contribution in [3.05, 3.63) is 39.3 Å². The Bertz CT molecular complexity index is 1450. The van der Waals surface area contributed by atoms with E-state index < -0.39 is 35.4 Å². The Kier molecular flexibility index (Phi) is 9.16. The van der Waals surface area contributed by atoms with Crippen molar-refractivity contribution in [2.45, 2.75) is 70.2 Å². The van der Waals surface area contributed by atoms with Crippen LogP contribution >= 0.6 is 11.3 Å². The van der Waals surface area contributed by atoms with E-state index in [1.807, 2.05) is 0 Å². The maximum Gasteiger partial charge on any atom is 0.274 e. The van der Waals surface area contributed by atoms with Gasteiger partial charge in [0.2, 0.25) is 17.7 Å². The number of carbonyl (C=O) groups excluding carboxylic acids is 4. The summed E-state index contributed by atoms with van der Waals surface area (Å²) in [5.41, 5.74) is -0.231. The molecule has 6 unspecified atom stereocenters. The third-order valence-corrected chi connectivity index (χ3v) is 10.2. The Balaban J connectivity index is 1.26. The first-order valence-electron chi connectivity index (χ1n) is 14.6. The minimum absolute atomic E-state index is 0.0689. The van der Waals surface area contributed by atoms with Gasteiger partial charge in [0.1, 0.15) is 29.3 Å². The minimum Gasteiger partial charge on any atom is -0.473 e. The minimum atomic E-state index is -1.40. The monoisotopic (exact) mass is 614 g/mol. The maximum atomic E-state index is 13.4. The number of ether oxygens (including phenoxy) is 1. The van der Waals surface area contributed by atoms with Crippen LogP contribution in [0.5, 0.6) is 5.19 Å². The Labute approximate surface area is 252 Å². The van der Waals surface area contributed by atoms with Crippen LogP contribution in [0.25, 0.3) is 0 Å². The lowest BCUT2D eigenvalue weighted by molar-refractivity contribution is -0.129. The Morgan fingerprint density at radius 1 is 1.14 bits per heavy atom. The van der Waals surface area contributed by atoms with Gasteiger partial charge < -0.3 is 35.7 Å². The first-order valence-corrected chi connectivity index (χ1v) is 15.4. The number of aromatic nitrogens is 2. The highest BCUT2D eigenvalue weighted by molar-refractivity contribution is 7.15. The number of nitrogens with one attached hydrogen (secondary N) is 4. The molecule has 4 amide bonds. The number of hydrogen-bond acceptors (Lipinski definition) is 9. The van der Waals surface area contributed by atoms with E-state index >= 15 is 0 Å². The molecule has 4 aliphatic rings. The number of amides is 4. The predicted octanol–water partition coefficient (Wildman–Crippen LogP) is 0.797. The molecule has 5 N–H and O–H groups in total. The van der Waals surface area contributed by atoms with Crippen molar-refractivity contribution in [2.24, 2.45) is 23.7 Å². The number of hydrogen-bond donors (Lipinski definition) is 5. The van der Waals surface area contributed by atoms with Crippen molar-refractivity contribution in [2.75, 3.05) is 19.5 Å². The number of thiazole rings is 1. The average molecular weight is 615 g/mol. The maximum absolute atomic E-state index is 13.4. The standard InChI is InChI=1S/C29H38N6O7S/c1-14-24(43-29(31-14)42-3)27(40)32-19(6-7-21(36)26(39)30-2)25(38)33-20-5-4-8-35(28(20)41)13-22(37)34-23-17-10-15-9-16(12-17)18(23)11-15/h4-5,8,15-19,21,23,36H,6-7,9-13H2,1-3H3,(H,30,39)(H,32,40)(H,33,38)(H,34,37)/t15?,16?,17?,18?,19-,21?,23?/m0/s1. The van der Waals surface area contributed by atoms with E-state index in [9.17, 15) is 29.1 Å². The van der Waals surface area contributed by atoms with Crippen LogP contribution in [0, 0.1) is 30.6 Å². The van der Waals surface area contributed by atoms with Crippen LogP contribution in [-0.2, 0) is 20.9 Å². The molecule has 0 aliphatic heterocycles. The van der Waals surface area contributed by atoms with Crippen molar-refractivity contribution >= 4 is 40.7 Å².